The van der Waals surface area contributed by atoms with Gasteiger partial charge in [0.1, 0.15) is 16.5 Å². The van der Waals surface area contributed by atoms with Crippen LogP contribution in [0.5, 0.6) is 0 Å². The van der Waals surface area contributed by atoms with Crippen LogP contribution < -0.4 is 5.73 Å². The fourth-order valence-corrected chi connectivity index (χ4v) is 4.91. The second-order valence-corrected chi connectivity index (χ2v) is 7.59. The van der Waals surface area contributed by atoms with Crippen LogP contribution >= 0.6 is 0 Å². The van der Waals surface area contributed by atoms with Gasteiger partial charge in [0.25, 0.3) is 0 Å². The summed E-state index contributed by atoms with van der Waals surface area (Å²) >= 11 is 0. The second kappa shape index (κ2) is 5.68. The summed E-state index contributed by atoms with van der Waals surface area (Å²) in [6.45, 7) is 2.00. The number of hydrogen-bond acceptors (Lipinski definition) is 3. The molecule has 1 fully saturated rings. The SMILES string of the molecule is CCC1CCCC(S(=O)(=O)c2c(F)cc(N)cc2F)C1. The first-order chi connectivity index (χ1) is 9.36. The van der Waals surface area contributed by atoms with Gasteiger partial charge < -0.3 is 5.73 Å². The normalized spacial score (nSPS) is 23.8. The average molecular weight is 303 g/mol. The molecule has 0 amide bonds. The minimum absolute atomic E-state index is 0.117. The zero-order valence-corrected chi connectivity index (χ0v) is 12.2. The van der Waals surface area contributed by atoms with Crippen LogP contribution in [-0.2, 0) is 9.84 Å². The maximum Gasteiger partial charge on any atom is 0.187 e. The molecule has 0 spiro atoms. The van der Waals surface area contributed by atoms with Gasteiger partial charge in [-0.25, -0.2) is 17.2 Å². The molecular formula is C14H19F2NO2S. The monoisotopic (exact) mass is 303 g/mol. The molecule has 2 unspecified atom stereocenters. The standard InChI is InChI=1S/C14H19F2NO2S/c1-2-9-4-3-5-11(6-9)20(18,19)14-12(15)7-10(17)8-13(14)16/h7-9,11H,2-6,17H2,1H3. The third kappa shape index (κ3) is 2.80. The van der Waals surface area contributed by atoms with Gasteiger partial charge in [-0.2, -0.15) is 0 Å². The van der Waals surface area contributed by atoms with E-state index >= 15 is 0 Å². The van der Waals surface area contributed by atoms with E-state index in [1.165, 1.54) is 0 Å². The highest BCUT2D eigenvalue weighted by Crippen LogP contribution is 2.35. The van der Waals surface area contributed by atoms with Crippen molar-refractivity contribution in [2.45, 2.75) is 49.2 Å². The molecule has 3 nitrogen and oxygen atoms in total. The quantitative estimate of drug-likeness (QED) is 0.872. The fraction of sp³-hybridized carbons (Fsp3) is 0.571. The van der Waals surface area contributed by atoms with Crippen LogP contribution in [-0.4, -0.2) is 13.7 Å². The topological polar surface area (TPSA) is 60.2 Å². The molecule has 0 heterocycles. The number of hydrogen-bond donors (Lipinski definition) is 1. The van der Waals surface area contributed by atoms with Crippen molar-refractivity contribution in [3.8, 4) is 0 Å². The minimum Gasteiger partial charge on any atom is -0.399 e. The molecule has 2 atom stereocenters. The van der Waals surface area contributed by atoms with Gasteiger partial charge >= 0.3 is 0 Å². The van der Waals surface area contributed by atoms with E-state index in [9.17, 15) is 17.2 Å². The largest absolute Gasteiger partial charge is 0.399 e. The lowest BCUT2D eigenvalue weighted by Gasteiger charge is -2.28. The van der Waals surface area contributed by atoms with Gasteiger partial charge in [0, 0.05) is 5.69 Å². The Balaban J connectivity index is 2.40. The molecule has 20 heavy (non-hydrogen) atoms. The lowest BCUT2D eigenvalue weighted by Crippen LogP contribution is -2.29. The number of halogens is 2. The number of sulfone groups is 1. The number of nitrogens with two attached hydrogens (primary N) is 1. The maximum atomic E-state index is 13.8. The highest BCUT2D eigenvalue weighted by Gasteiger charge is 2.36. The maximum absolute atomic E-state index is 13.8. The molecular weight excluding hydrogens is 284 g/mol. The summed E-state index contributed by atoms with van der Waals surface area (Å²) in [4.78, 5) is -0.826. The van der Waals surface area contributed by atoms with E-state index in [4.69, 9.17) is 5.73 Å². The van der Waals surface area contributed by atoms with Crippen molar-refractivity contribution in [2.24, 2.45) is 5.92 Å². The third-order valence-electron chi connectivity index (χ3n) is 4.06. The van der Waals surface area contributed by atoms with E-state index in [1.54, 1.807) is 0 Å². The molecule has 0 radical (unpaired) electrons. The van der Waals surface area contributed by atoms with Crippen LogP contribution in [0.3, 0.4) is 0 Å². The summed E-state index contributed by atoms with van der Waals surface area (Å²) < 4.78 is 52.6. The van der Waals surface area contributed by atoms with Gasteiger partial charge in [0.05, 0.1) is 5.25 Å². The molecule has 2 rings (SSSR count). The summed E-state index contributed by atoms with van der Waals surface area (Å²) in [5.41, 5.74) is 5.20. The number of benzene rings is 1. The predicted molar refractivity (Wildman–Crippen MR) is 74.0 cm³/mol. The Morgan fingerprint density at radius 1 is 1.25 bits per heavy atom. The van der Waals surface area contributed by atoms with Crippen LogP contribution in [0.2, 0.25) is 0 Å². The first-order valence-corrected chi connectivity index (χ1v) is 8.39. The van der Waals surface area contributed by atoms with Gasteiger partial charge in [-0.1, -0.05) is 26.2 Å². The highest BCUT2D eigenvalue weighted by atomic mass is 32.2. The Hall–Kier alpha value is -1.17. The third-order valence-corrected chi connectivity index (χ3v) is 6.32. The van der Waals surface area contributed by atoms with Gasteiger partial charge in [-0.05, 0) is 30.9 Å². The Morgan fingerprint density at radius 3 is 2.40 bits per heavy atom. The molecule has 2 N–H and O–H groups in total. The first-order valence-electron chi connectivity index (χ1n) is 6.84. The molecule has 112 valence electrons. The molecule has 0 aliphatic heterocycles. The van der Waals surface area contributed by atoms with Crippen LogP contribution in [0.1, 0.15) is 39.0 Å². The minimum atomic E-state index is -3.99. The summed E-state index contributed by atoms with van der Waals surface area (Å²) in [5.74, 6) is -1.88. The number of nitrogen functional groups attached to an aromatic ring is 1. The van der Waals surface area contributed by atoms with Gasteiger partial charge in [0.15, 0.2) is 9.84 Å². The van der Waals surface area contributed by atoms with E-state index in [0.29, 0.717) is 18.8 Å². The van der Waals surface area contributed by atoms with Crippen molar-refractivity contribution < 1.29 is 17.2 Å². The summed E-state index contributed by atoms with van der Waals surface area (Å²) in [7, 11) is -3.99. The molecule has 1 aliphatic carbocycles. The first kappa shape index (κ1) is 15.2. The van der Waals surface area contributed by atoms with E-state index in [1.807, 2.05) is 6.92 Å². The lowest BCUT2D eigenvalue weighted by atomic mass is 9.87. The Labute approximate surface area is 118 Å². The molecule has 1 aromatic rings. The van der Waals surface area contributed by atoms with Crippen molar-refractivity contribution in [3.63, 3.8) is 0 Å². The van der Waals surface area contributed by atoms with Gasteiger partial charge in [0.2, 0.25) is 0 Å². The smallest absolute Gasteiger partial charge is 0.187 e. The number of rotatable bonds is 3. The van der Waals surface area contributed by atoms with Crippen LogP contribution in [0, 0.1) is 17.6 Å². The van der Waals surface area contributed by atoms with Gasteiger partial charge in [-0.15, -0.1) is 0 Å². The summed E-state index contributed by atoms with van der Waals surface area (Å²) in [6.07, 6.45) is 3.58. The van der Waals surface area contributed by atoms with Gasteiger partial charge in [-0.3, -0.25) is 0 Å². The van der Waals surface area contributed by atoms with Crippen molar-refractivity contribution in [3.05, 3.63) is 23.8 Å². The number of anilines is 1. The molecule has 0 saturated heterocycles. The molecule has 1 aliphatic rings. The Bertz CT molecular complexity index is 578. The molecule has 0 bridgehead atoms. The van der Waals surface area contributed by atoms with Crippen molar-refractivity contribution in [1.29, 1.82) is 0 Å². The van der Waals surface area contributed by atoms with Crippen LogP contribution in [0.25, 0.3) is 0 Å². The average Bonchev–Trinajstić information content (AvgIpc) is 2.37. The van der Waals surface area contributed by atoms with E-state index in [0.717, 1.165) is 31.4 Å². The summed E-state index contributed by atoms with van der Waals surface area (Å²) in [5, 5.41) is -0.700. The molecule has 1 saturated carbocycles. The fourth-order valence-electron chi connectivity index (χ4n) is 2.91. The predicted octanol–water partition coefficient (Wildman–Crippen LogP) is 3.29. The molecule has 6 heteroatoms. The Kier molecular flexibility index (Phi) is 4.32. The van der Waals surface area contributed by atoms with Crippen molar-refractivity contribution in [1.82, 2.24) is 0 Å². The summed E-state index contributed by atoms with van der Waals surface area (Å²) in [6, 6.07) is 1.71. The molecule has 1 aromatic carbocycles. The second-order valence-electron chi connectivity index (χ2n) is 5.42. The zero-order chi connectivity index (χ0) is 14.9. The highest BCUT2D eigenvalue weighted by molar-refractivity contribution is 7.92. The van der Waals surface area contributed by atoms with Crippen molar-refractivity contribution in [2.75, 3.05) is 5.73 Å². The molecule has 0 aromatic heterocycles. The van der Waals surface area contributed by atoms with Crippen molar-refractivity contribution >= 4 is 15.5 Å². The van der Waals surface area contributed by atoms with E-state index in [-0.39, 0.29) is 5.69 Å². The van der Waals surface area contributed by atoms with Crippen LogP contribution in [0.4, 0.5) is 14.5 Å². The van der Waals surface area contributed by atoms with Crippen LogP contribution in [0.15, 0.2) is 17.0 Å². The Morgan fingerprint density at radius 2 is 1.85 bits per heavy atom. The lowest BCUT2D eigenvalue weighted by molar-refractivity contribution is 0.347. The van der Waals surface area contributed by atoms with E-state index < -0.39 is 31.6 Å². The van der Waals surface area contributed by atoms with E-state index in [2.05, 4.69) is 0 Å². The zero-order valence-electron chi connectivity index (χ0n) is 11.4.